The second-order valence-corrected chi connectivity index (χ2v) is 7.07. The molecule has 2 rings (SSSR count). The van der Waals surface area contributed by atoms with Gasteiger partial charge in [0, 0.05) is 24.8 Å². The van der Waals surface area contributed by atoms with Crippen LogP contribution in [0.3, 0.4) is 0 Å². The third-order valence-electron chi connectivity index (χ3n) is 4.80. The first-order chi connectivity index (χ1) is 11.2. The van der Waals surface area contributed by atoms with Crippen molar-refractivity contribution in [3.63, 3.8) is 0 Å². The summed E-state index contributed by atoms with van der Waals surface area (Å²) in [4.78, 5) is 34.3. The molecule has 0 spiro atoms. The fourth-order valence-corrected chi connectivity index (χ4v) is 3.71. The Morgan fingerprint density at radius 3 is 2.58 bits per heavy atom. The number of esters is 1. The number of hydrogen-bond donors (Lipinski definition) is 2. The van der Waals surface area contributed by atoms with Crippen LogP contribution in [0.2, 0.25) is 0 Å². The summed E-state index contributed by atoms with van der Waals surface area (Å²) in [5.74, 6) is -0.918. The number of hydrogen-bond acceptors (Lipinski definition) is 5. The van der Waals surface area contributed by atoms with Crippen LogP contribution in [0.1, 0.15) is 40.0 Å². The van der Waals surface area contributed by atoms with E-state index in [9.17, 15) is 19.5 Å². The number of aliphatic carboxylic acids is 1. The summed E-state index contributed by atoms with van der Waals surface area (Å²) < 4.78 is 10.1. The number of carboxylic acid groups (broad SMARTS) is 1. The van der Waals surface area contributed by atoms with E-state index < -0.39 is 29.7 Å². The highest BCUT2D eigenvalue weighted by Crippen LogP contribution is 2.57. The molecule has 24 heavy (non-hydrogen) atoms. The highest BCUT2D eigenvalue weighted by molar-refractivity contribution is 5.70. The van der Waals surface area contributed by atoms with Gasteiger partial charge in [-0.3, -0.25) is 9.59 Å². The standard InChI is InChI=1S/C17H25NO6/c1-10(2)15(23-11(3)19)24-16(22)18-9-17(8-14(20)21)7-12-5-4-6-13(12)17/h4,6,10,12-13,15H,5,7-9H2,1-3H3,(H,18,22)(H,20,21)/t12-,13-,15-,17-/m0/s1. The van der Waals surface area contributed by atoms with E-state index in [0.717, 1.165) is 12.8 Å². The molecule has 0 heterocycles. The number of carbonyl (C=O) groups excluding carboxylic acids is 2. The van der Waals surface area contributed by atoms with Gasteiger partial charge in [-0.1, -0.05) is 26.0 Å². The zero-order chi connectivity index (χ0) is 17.9. The van der Waals surface area contributed by atoms with E-state index in [1.807, 2.05) is 0 Å². The maximum atomic E-state index is 12.0. The summed E-state index contributed by atoms with van der Waals surface area (Å²) in [5, 5.41) is 11.8. The van der Waals surface area contributed by atoms with Crippen LogP contribution >= 0.6 is 0 Å². The van der Waals surface area contributed by atoms with E-state index in [1.165, 1.54) is 6.92 Å². The Bertz CT molecular complexity index is 543. The average molecular weight is 339 g/mol. The second-order valence-electron chi connectivity index (χ2n) is 7.07. The van der Waals surface area contributed by atoms with Crippen molar-refractivity contribution in [2.45, 2.75) is 46.3 Å². The molecule has 2 aliphatic rings. The monoisotopic (exact) mass is 339 g/mol. The molecular formula is C17H25NO6. The van der Waals surface area contributed by atoms with Gasteiger partial charge in [-0.2, -0.15) is 0 Å². The van der Waals surface area contributed by atoms with Gasteiger partial charge in [0.15, 0.2) is 0 Å². The molecule has 7 nitrogen and oxygen atoms in total. The SMILES string of the molecule is CC(=O)O[C@@H](OC(=O)NC[C@@]1(CC(=O)O)C[C@@H]2CC=C[C@@H]21)C(C)C. The molecule has 1 amide bonds. The van der Waals surface area contributed by atoms with Crippen LogP contribution in [0.15, 0.2) is 12.2 Å². The summed E-state index contributed by atoms with van der Waals surface area (Å²) >= 11 is 0. The Morgan fingerprint density at radius 2 is 2.04 bits per heavy atom. The fourth-order valence-electron chi connectivity index (χ4n) is 3.71. The number of amides is 1. The quantitative estimate of drug-likeness (QED) is 0.419. The highest BCUT2D eigenvalue weighted by atomic mass is 16.7. The van der Waals surface area contributed by atoms with Gasteiger partial charge >= 0.3 is 18.0 Å². The van der Waals surface area contributed by atoms with Crippen LogP contribution in [-0.4, -0.2) is 36.0 Å². The maximum absolute atomic E-state index is 12.0. The Labute approximate surface area is 141 Å². The highest BCUT2D eigenvalue weighted by Gasteiger charge is 2.54. The van der Waals surface area contributed by atoms with E-state index in [2.05, 4.69) is 17.5 Å². The van der Waals surface area contributed by atoms with Gasteiger partial charge in [0.05, 0.1) is 6.42 Å². The molecule has 1 fully saturated rings. The van der Waals surface area contributed by atoms with Crippen LogP contribution in [-0.2, 0) is 19.1 Å². The molecule has 134 valence electrons. The van der Waals surface area contributed by atoms with Gasteiger partial charge in [-0.15, -0.1) is 0 Å². The summed E-state index contributed by atoms with van der Waals surface area (Å²) in [6, 6.07) is 0. The summed E-state index contributed by atoms with van der Waals surface area (Å²) in [6.07, 6.45) is 4.22. The summed E-state index contributed by atoms with van der Waals surface area (Å²) in [6.45, 7) is 5.02. The summed E-state index contributed by atoms with van der Waals surface area (Å²) in [5.41, 5.74) is -0.461. The number of fused-ring (bicyclic) bond motifs is 1. The van der Waals surface area contributed by atoms with E-state index in [1.54, 1.807) is 13.8 Å². The molecule has 2 aliphatic carbocycles. The molecule has 0 aromatic heterocycles. The first-order valence-corrected chi connectivity index (χ1v) is 8.23. The van der Waals surface area contributed by atoms with Crippen molar-refractivity contribution in [1.29, 1.82) is 0 Å². The molecule has 0 saturated heterocycles. The molecule has 1 saturated carbocycles. The topological polar surface area (TPSA) is 102 Å². The smallest absolute Gasteiger partial charge is 0.410 e. The van der Waals surface area contributed by atoms with Crippen LogP contribution in [0.5, 0.6) is 0 Å². The van der Waals surface area contributed by atoms with E-state index in [0.29, 0.717) is 5.92 Å². The minimum Gasteiger partial charge on any atom is -0.481 e. The third kappa shape index (κ3) is 4.07. The molecule has 0 radical (unpaired) electrons. The van der Waals surface area contributed by atoms with E-state index in [-0.39, 0.29) is 24.8 Å². The lowest BCUT2D eigenvalue weighted by Crippen LogP contribution is -2.53. The molecule has 0 aromatic rings. The molecule has 2 N–H and O–H groups in total. The van der Waals surface area contributed by atoms with Gasteiger partial charge in [-0.05, 0) is 24.7 Å². The number of carbonyl (C=O) groups is 3. The van der Waals surface area contributed by atoms with Crippen LogP contribution in [0.4, 0.5) is 4.79 Å². The number of nitrogens with one attached hydrogen (secondary N) is 1. The van der Waals surface area contributed by atoms with Gasteiger partial charge in [-0.25, -0.2) is 4.79 Å². The minimum atomic E-state index is -0.960. The minimum absolute atomic E-state index is 0.0103. The molecule has 0 bridgehead atoms. The number of allylic oxidation sites excluding steroid dienone is 2. The zero-order valence-electron chi connectivity index (χ0n) is 14.3. The molecule has 4 atom stereocenters. The first-order valence-electron chi connectivity index (χ1n) is 8.23. The predicted octanol–water partition coefficient (Wildman–Crippen LogP) is 2.31. The van der Waals surface area contributed by atoms with Crippen molar-refractivity contribution >= 4 is 18.0 Å². The third-order valence-corrected chi connectivity index (χ3v) is 4.80. The molecule has 0 aromatic carbocycles. The Kier molecular flexibility index (Phi) is 5.51. The lowest BCUT2D eigenvalue weighted by molar-refractivity contribution is -0.172. The lowest BCUT2D eigenvalue weighted by atomic mass is 9.53. The number of ether oxygens (including phenoxy) is 2. The Balaban J connectivity index is 1.92. The Hall–Kier alpha value is -2.05. The largest absolute Gasteiger partial charge is 0.481 e. The van der Waals surface area contributed by atoms with Crippen LogP contribution < -0.4 is 5.32 Å². The van der Waals surface area contributed by atoms with Gasteiger partial charge in [0.1, 0.15) is 0 Å². The van der Waals surface area contributed by atoms with Crippen molar-refractivity contribution in [2.75, 3.05) is 6.54 Å². The van der Waals surface area contributed by atoms with E-state index in [4.69, 9.17) is 9.47 Å². The van der Waals surface area contributed by atoms with Crippen molar-refractivity contribution in [2.24, 2.45) is 23.2 Å². The molecular weight excluding hydrogens is 314 g/mol. The molecule has 0 unspecified atom stereocenters. The van der Waals surface area contributed by atoms with Gasteiger partial charge in [0.25, 0.3) is 6.29 Å². The van der Waals surface area contributed by atoms with E-state index >= 15 is 0 Å². The summed E-state index contributed by atoms with van der Waals surface area (Å²) in [7, 11) is 0. The predicted molar refractivity (Wildman–Crippen MR) is 84.9 cm³/mol. The lowest BCUT2D eigenvalue weighted by Gasteiger charge is -2.51. The maximum Gasteiger partial charge on any atom is 0.410 e. The van der Waals surface area contributed by atoms with Gasteiger partial charge in [0.2, 0.25) is 0 Å². The number of carboxylic acids is 1. The molecule has 7 heteroatoms. The van der Waals surface area contributed by atoms with Crippen LogP contribution in [0.25, 0.3) is 0 Å². The van der Waals surface area contributed by atoms with Crippen molar-refractivity contribution in [1.82, 2.24) is 5.32 Å². The Morgan fingerprint density at radius 1 is 1.33 bits per heavy atom. The number of rotatable bonds is 7. The first kappa shape index (κ1) is 18.3. The normalized spacial score (nSPS) is 28.7. The van der Waals surface area contributed by atoms with Crippen molar-refractivity contribution in [3.05, 3.63) is 12.2 Å². The number of alkyl carbamates (subject to hydrolysis) is 1. The van der Waals surface area contributed by atoms with Crippen LogP contribution in [0, 0.1) is 23.2 Å². The van der Waals surface area contributed by atoms with Gasteiger partial charge < -0.3 is 19.9 Å². The zero-order valence-corrected chi connectivity index (χ0v) is 14.3. The fraction of sp³-hybridized carbons (Fsp3) is 0.706. The molecule has 0 aliphatic heterocycles. The van der Waals surface area contributed by atoms with Crippen molar-refractivity contribution in [3.8, 4) is 0 Å². The second kappa shape index (κ2) is 7.23. The van der Waals surface area contributed by atoms with Crippen molar-refractivity contribution < 1.29 is 29.0 Å². The average Bonchev–Trinajstić information content (AvgIpc) is 2.84.